The van der Waals surface area contributed by atoms with Gasteiger partial charge in [0.1, 0.15) is 0 Å². The quantitative estimate of drug-likeness (QED) is 0.368. The lowest BCUT2D eigenvalue weighted by atomic mass is 9.87. The number of carbonyl (C=O) groups is 1. The zero-order valence-corrected chi connectivity index (χ0v) is 14.7. The van der Waals surface area contributed by atoms with Gasteiger partial charge in [-0.1, -0.05) is 103 Å². The Hall–Kier alpha value is -3.65. The molecule has 2 nitrogen and oxygen atoms in total. The number of hydrogen-bond donors (Lipinski definition) is 1. The van der Waals surface area contributed by atoms with Gasteiger partial charge in [0.15, 0.2) is 0 Å². The molecule has 0 atom stereocenters. The Kier molecular flexibility index (Phi) is 4.54. The maximum atomic E-state index is 12.5. The van der Waals surface area contributed by atoms with Gasteiger partial charge in [-0.05, 0) is 27.5 Å². The lowest BCUT2D eigenvalue weighted by molar-refractivity contribution is -0.130. The van der Waals surface area contributed by atoms with Crippen LogP contribution in [0.5, 0.6) is 0 Å². The minimum atomic E-state index is -0.936. The van der Waals surface area contributed by atoms with Crippen LogP contribution in [-0.2, 0) is 4.79 Å². The molecule has 0 radical (unpaired) electrons. The molecule has 0 aromatic heterocycles. The van der Waals surface area contributed by atoms with E-state index in [9.17, 15) is 9.90 Å². The molecule has 1 N–H and O–H groups in total. The van der Waals surface area contributed by atoms with E-state index in [1.807, 2.05) is 103 Å². The topological polar surface area (TPSA) is 37.3 Å². The van der Waals surface area contributed by atoms with Gasteiger partial charge in [-0.15, -0.1) is 0 Å². The van der Waals surface area contributed by atoms with Crippen LogP contribution in [0.4, 0.5) is 0 Å². The summed E-state index contributed by atoms with van der Waals surface area (Å²) in [7, 11) is 0. The molecule has 27 heavy (non-hydrogen) atoms. The molecular formula is C25H18O2. The molecule has 130 valence electrons. The van der Waals surface area contributed by atoms with Crippen molar-refractivity contribution in [3.05, 3.63) is 120 Å². The van der Waals surface area contributed by atoms with Crippen molar-refractivity contribution in [3.63, 3.8) is 0 Å². The first-order valence-electron chi connectivity index (χ1n) is 8.82. The van der Waals surface area contributed by atoms with Crippen molar-refractivity contribution in [1.82, 2.24) is 0 Å². The largest absolute Gasteiger partial charge is 0.478 e. The van der Waals surface area contributed by atoms with E-state index in [0.717, 1.165) is 33.0 Å². The van der Waals surface area contributed by atoms with Gasteiger partial charge in [0, 0.05) is 5.57 Å². The normalized spacial score (nSPS) is 10.5. The van der Waals surface area contributed by atoms with Crippen molar-refractivity contribution in [2.45, 2.75) is 0 Å². The fourth-order valence-corrected chi connectivity index (χ4v) is 3.47. The van der Waals surface area contributed by atoms with Gasteiger partial charge in [0.2, 0.25) is 0 Å². The van der Waals surface area contributed by atoms with Gasteiger partial charge < -0.3 is 5.11 Å². The van der Waals surface area contributed by atoms with Crippen molar-refractivity contribution in [3.8, 4) is 0 Å². The Morgan fingerprint density at radius 1 is 0.593 bits per heavy atom. The summed E-state index contributed by atoms with van der Waals surface area (Å²) in [6, 6.07) is 33.1. The molecule has 0 bridgehead atoms. The summed E-state index contributed by atoms with van der Waals surface area (Å²) >= 11 is 0. The lowest BCUT2D eigenvalue weighted by Crippen LogP contribution is -2.05. The molecule has 0 amide bonds. The smallest absolute Gasteiger partial charge is 0.336 e. The van der Waals surface area contributed by atoms with Gasteiger partial charge >= 0.3 is 5.97 Å². The molecule has 2 heteroatoms. The Bertz CT molecular complexity index is 1080. The highest BCUT2D eigenvalue weighted by atomic mass is 16.4. The van der Waals surface area contributed by atoms with Crippen molar-refractivity contribution >= 4 is 27.9 Å². The summed E-state index contributed by atoms with van der Waals surface area (Å²) in [5.41, 5.74) is 3.52. The number of benzene rings is 4. The van der Waals surface area contributed by atoms with E-state index < -0.39 is 5.97 Å². The first kappa shape index (κ1) is 16.8. The summed E-state index contributed by atoms with van der Waals surface area (Å²) in [6.45, 7) is 0. The van der Waals surface area contributed by atoms with E-state index in [2.05, 4.69) is 0 Å². The fraction of sp³-hybridized carbons (Fsp3) is 0. The molecule has 4 aromatic rings. The number of rotatable bonds is 4. The predicted molar refractivity (Wildman–Crippen MR) is 110 cm³/mol. The molecule has 0 spiro atoms. The van der Waals surface area contributed by atoms with Gasteiger partial charge in [0.05, 0.1) is 5.57 Å². The van der Waals surface area contributed by atoms with Crippen molar-refractivity contribution in [2.75, 3.05) is 0 Å². The average molecular weight is 350 g/mol. The third-order valence-electron chi connectivity index (χ3n) is 4.65. The summed E-state index contributed by atoms with van der Waals surface area (Å²) in [6.07, 6.45) is 0. The van der Waals surface area contributed by atoms with Crippen LogP contribution in [0.2, 0.25) is 0 Å². The molecule has 0 aliphatic carbocycles. The molecule has 4 aromatic carbocycles. The number of carboxylic acids is 1. The molecule has 0 heterocycles. The van der Waals surface area contributed by atoms with Crippen LogP contribution in [-0.4, -0.2) is 11.1 Å². The summed E-state index contributed by atoms with van der Waals surface area (Å²) in [4.78, 5) is 12.5. The van der Waals surface area contributed by atoms with Crippen LogP contribution in [0.25, 0.3) is 21.9 Å². The van der Waals surface area contributed by atoms with Crippen LogP contribution >= 0.6 is 0 Å². The average Bonchev–Trinajstić information content (AvgIpc) is 2.73. The predicted octanol–water partition coefficient (Wildman–Crippen LogP) is 5.88. The van der Waals surface area contributed by atoms with E-state index in [-0.39, 0.29) is 0 Å². The molecule has 4 rings (SSSR count). The van der Waals surface area contributed by atoms with E-state index in [0.29, 0.717) is 5.57 Å². The van der Waals surface area contributed by atoms with Crippen molar-refractivity contribution in [1.29, 1.82) is 0 Å². The zero-order chi connectivity index (χ0) is 18.6. The minimum absolute atomic E-state index is 0.309. The van der Waals surface area contributed by atoms with Gasteiger partial charge in [-0.25, -0.2) is 4.79 Å². The second-order valence-electron chi connectivity index (χ2n) is 6.31. The third-order valence-corrected chi connectivity index (χ3v) is 4.65. The van der Waals surface area contributed by atoms with Gasteiger partial charge in [0.25, 0.3) is 0 Å². The number of hydrogen-bond acceptors (Lipinski definition) is 1. The molecule has 0 aliphatic heterocycles. The highest BCUT2D eigenvalue weighted by Gasteiger charge is 2.21. The van der Waals surface area contributed by atoms with E-state index in [1.54, 1.807) is 0 Å². The number of fused-ring (bicyclic) bond motifs is 1. The van der Waals surface area contributed by atoms with Crippen LogP contribution in [0.3, 0.4) is 0 Å². The number of aliphatic carboxylic acids is 1. The Labute approximate surface area is 158 Å². The maximum Gasteiger partial charge on any atom is 0.336 e. The van der Waals surface area contributed by atoms with E-state index in [4.69, 9.17) is 0 Å². The van der Waals surface area contributed by atoms with E-state index >= 15 is 0 Å². The van der Waals surface area contributed by atoms with Gasteiger partial charge in [-0.3, -0.25) is 0 Å². The fourth-order valence-electron chi connectivity index (χ4n) is 3.47. The maximum absolute atomic E-state index is 12.5. The monoisotopic (exact) mass is 350 g/mol. The highest BCUT2D eigenvalue weighted by molar-refractivity contribution is 6.28. The van der Waals surface area contributed by atoms with Crippen molar-refractivity contribution < 1.29 is 9.90 Å². The minimum Gasteiger partial charge on any atom is -0.478 e. The van der Waals surface area contributed by atoms with Crippen molar-refractivity contribution in [2.24, 2.45) is 0 Å². The molecule has 0 aliphatic rings. The van der Waals surface area contributed by atoms with Gasteiger partial charge in [-0.2, -0.15) is 0 Å². The van der Waals surface area contributed by atoms with Crippen LogP contribution in [0.1, 0.15) is 16.7 Å². The summed E-state index contributed by atoms with van der Waals surface area (Å²) in [5, 5.41) is 12.2. The molecule has 0 saturated carbocycles. The second kappa shape index (κ2) is 7.30. The van der Waals surface area contributed by atoms with E-state index in [1.165, 1.54) is 0 Å². The zero-order valence-electron chi connectivity index (χ0n) is 14.7. The first-order valence-corrected chi connectivity index (χ1v) is 8.82. The van der Waals surface area contributed by atoms with Crippen LogP contribution in [0.15, 0.2) is 103 Å². The highest BCUT2D eigenvalue weighted by Crippen LogP contribution is 2.35. The molecule has 0 unspecified atom stereocenters. The Morgan fingerprint density at radius 3 is 1.70 bits per heavy atom. The first-order chi connectivity index (χ1) is 13.3. The Balaban J connectivity index is 2.12. The number of carboxylic acid groups (broad SMARTS) is 1. The lowest BCUT2D eigenvalue weighted by Gasteiger charge is -2.16. The second-order valence-corrected chi connectivity index (χ2v) is 6.31. The molecule has 0 fully saturated rings. The molecular weight excluding hydrogens is 332 g/mol. The van der Waals surface area contributed by atoms with Crippen LogP contribution in [0, 0.1) is 0 Å². The summed E-state index contributed by atoms with van der Waals surface area (Å²) in [5.74, 6) is -0.936. The molecule has 0 saturated heterocycles. The summed E-state index contributed by atoms with van der Waals surface area (Å²) < 4.78 is 0. The SMILES string of the molecule is O=C(O)C(=C(c1ccccc1)c1ccccc1)c1cccc2ccccc12. The third kappa shape index (κ3) is 3.25. The Morgan fingerprint density at radius 2 is 1.11 bits per heavy atom. The standard InChI is InChI=1S/C25H18O2/c26-25(27)24(22-17-9-15-18-10-7-8-16-21(18)22)23(19-11-3-1-4-12-19)20-13-5-2-6-14-20/h1-17H,(H,26,27). The van der Waals surface area contributed by atoms with Crippen LogP contribution < -0.4 is 0 Å².